The molecule has 0 spiro atoms. The fourth-order valence-corrected chi connectivity index (χ4v) is 1.04. The zero-order valence-corrected chi connectivity index (χ0v) is 7.04. The van der Waals surface area contributed by atoms with Crippen LogP contribution in [0.15, 0.2) is 24.3 Å². The van der Waals surface area contributed by atoms with Gasteiger partial charge in [0.2, 0.25) is 0 Å². The van der Waals surface area contributed by atoms with Crippen LogP contribution in [0.3, 0.4) is 0 Å². The molecule has 1 nitrogen and oxygen atoms in total. The summed E-state index contributed by atoms with van der Waals surface area (Å²) in [7, 11) is 0. The van der Waals surface area contributed by atoms with Gasteiger partial charge in [-0.15, -0.1) is 0 Å². The first kappa shape index (κ1) is 18.7. The van der Waals surface area contributed by atoms with E-state index in [2.05, 4.69) is 13.8 Å². The molecule has 1 heteroatoms. The van der Waals surface area contributed by atoms with E-state index < -0.39 is 0 Å². The second-order valence-electron chi connectivity index (χ2n) is 2.90. The first-order chi connectivity index (χ1) is 5.24. The lowest BCUT2D eigenvalue weighted by molar-refractivity contribution is 0.475. The molecular formula is C13H26O. The van der Waals surface area contributed by atoms with Crippen LogP contribution in [0.25, 0.3) is 0 Å². The van der Waals surface area contributed by atoms with E-state index in [-0.39, 0.29) is 22.3 Å². The van der Waals surface area contributed by atoms with Gasteiger partial charge in [0, 0.05) is 0 Å². The number of aromatic hydroxyl groups is 1. The van der Waals surface area contributed by atoms with Crippen LogP contribution < -0.4 is 0 Å². The normalized spacial score (nSPS) is 10.1. The zero-order chi connectivity index (χ0) is 8.27. The van der Waals surface area contributed by atoms with Crippen LogP contribution in [0.4, 0.5) is 0 Å². The molecule has 1 unspecified atom stereocenters. The minimum absolute atomic E-state index is 0. The molecule has 0 aliphatic heterocycles. The van der Waals surface area contributed by atoms with Gasteiger partial charge >= 0.3 is 0 Å². The average molecular weight is 198 g/mol. The Morgan fingerprint density at radius 1 is 1.07 bits per heavy atom. The Hall–Kier alpha value is -0.980. The average Bonchev–Trinajstić information content (AvgIpc) is 2.05. The van der Waals surface area contributed by atoms with Crippen molar-refractivity contribution in [2.24, 2.45) is 0 Å². The highest BCUT2D eigenvalue weighted by molar-refractivity contribution is 5.27. The van der Waals surface area contributed by atoms with Crippen molar-refractivity contribution in [3.05, 3.63) is 29.8 Å². The number of phenols is 1. The largest absolute Gasteiger partial charge is 0.508 e. The molecule has 1 N–H and O–H groups in total. The molecule has 0 aromatic heterocycles. The molecule has 14 heavy (non-hydrogen) atoms. The van der Waals surface area contributed by atoms with E-state index in [9.17, 15) is 0 Å². The van der Waals surface area contributed by atoms with Crippen LogP contribution >= 0.6 is 0 Å². The highest BCUT2D eigenvalue weighted by atomic mass is 16.3. The van der Waals surface area contributed by atoms with E-state index in [1.54, 1.807) is 12.1 Å². The minimum atomic E-state index is 0. The minimum Gasteiger partial charge on any atom is -0.508 e. The standard InChI is InChI=1S/C10H14O.3CH4/c1-3-8(2)9-4-6-10(11)7-5-9;;;/h4-8,11H,3H2,1-2H3;3*1H4. The molecule has 1 aromatic rings. The van der Waals surface area contributed by atoms with Gasteiger partial charge in [-0.1, -0.05) is 48.3 Å². The number of hydrogen-bond acceptors (Lipinski definition) is 1. The number of rotatable bonds is 2. The predicted octanol–water partition coefficient (Wildman–Crippen LogP) is 4.81. The van der Waals surface area contributed by atoms with Crippen molar-refractivity contribution in [1.82, 2.24) is 0 Å². The van der Waals surface area contributed by atoms with Crippen molar-refractivity contribution in [1.29, 1.82) is 0 Å². The first-order valence-electron chi connectivity index (χ1n) is 4.03. The van der Waals surface area contributed by atoms with Gasteiger partial charge in [-0.25, -0.2) is 0 Å². The van der Waals surface area contributed by atoms with Crippen LogP contribution in [-0.4, -0.2) is 5.11 Å². The molecule has 0 heterocycles. The summed E-state index contributed by atoms with van der Waals surface area (Å²) in [6, 6.07) is 7.43. The van der Waals surface area contributed by atoms with E-state index in [0.29, 0.717) is 11.7 Å². The van der Waals surface area contributed by atoms with Crippen molar-refractivity contribution < 1.29 is 5.11 Å². The molecule has 0 fully saturated rings. The highest BCUT2D eigenvalue weighted by Crippen LogP contribution is 2.20. The van der Waals surface area contributed by atoms with Gasteiger partial charge in [-0.2, -0.15) is 0 Å². The van der Waals surface area contributed by atoms with Crippen LogP contribution in [0.1, 0.15) is 54.0 Å². The smallest absolute Gasteiger partial charge is 0.115 e. The molecule has 0 radical (unpaired) electrons. The molecule has 0 amide bonds. The Morgan fingerprint density at radius 2 is 1.50 bits per heavy atom. The van der Waals surface area contributed by atoms with Crippen molar-refractivity contribution in [2.45, 2.75) is 48.5 Å². The van der Waals surface area contributed by atoms with E-state index in [1.165, 1.54) is 5.56 Å². The predicted molar refractivity (Wildman–Crippen MR) is 67.0 cm³/mol. The molecule has 84 valence electrons. The summed E-state index contributed by atoms with van der Waals surface area (Å²) in [5, 5.41) is 9.01. The molecule has 0 aliphatic carbocycles. The van der Waals surface area contributed by atoms with Gasteiger partial charge in [-0.3, -0.25) is 0 Å². The Labute approximate surface area is 89.8 Å². The first-order valence-corrected chi connectivity index (χ1v) is 4.03. The van der Waals surface area contributed by atoms with Gasteiger partial charge in [0.1, 0.15) is 5.75 Å². The Kier molecular flexibility index (Phi) is 11.5. The lowest BCUT2D eigenvalue weighted by Crippen LogP contribution is -1.89. The van der Waals surface area contributed by atoms with Gasteiger partial charge < -0.3 is 5.11 Å². The zero-order valence-electron chi connectivity index (χ0n) is 7.04. The molecule has 0 bridgehead atoms. The third kappa shape index (κ3) is 4.90. The Morgan fingerprint density at radius 3 is 1.86 bits per heavy atom. The summed E-state index contributed by atoms with van der Waals surface area (Å²) in [6.07, 6.45) is 1.14. The molecule has 1 atom stereocenters. The topological polar surface area (TPSA) is 20.2 Å². The second kappa shape index (κ2) is 8.61. The summed E-state index contributed by atoms with van der Waals surface area (Å²) >= 11 is 0. The van der Waals surface area contributed by atoms with Crippen molar-refractivity contribution in [3.63, 3.8) is 0 Å². The summed E-state index contributed by atoms with van der Waals surface area (Å²) in [4.78, 5) is 0. The van der Waals surface area contributed by atoms with Crippen molar-refractivity contribution in [3.8, 4) is 5.75 Å². The lowest BCUT2D eigenvalue weighted by Gasteiger charge is -2.07. The number of hydrogen-bond donors (Lipinski definition) is 1. The third-order valence-electron chi connectivity index (χ3n) is 2.07. The summed E-state index contributed by atoms with van der Waals surface area (Å²) < 4.78 is 0. The Bertz CT molecular complexity index is 213. The summed E-state index contributed by atoms with van der Waals surface area (Å²) in [6.45, 7) is 4.35. The van der Waals surface area contributed by atoms with E-state index in [0.717, 1.165) is 6.42 Å². The maximum Gasteiger partial charge on any atom is 0.115 e. The molecule has 0 aliphatic rings. The van der Waals surface area contributed by atoms with Gasteiger partial charge in [0.15, 0.2) is 0 Å². The maximum absolute atomic E-state index is 9.01. The van der Waals surface area contributed by atoms with Crippen LogP contribution in [0.2, 0.25) is 0 Å². The summed E-state index contributed by atoms with van der Waals surface area (Å²) in [5.41, 5.74) is 1.30. The molecular weight excluding hydrogens is 172 g/mol. The van der Waals surface area contributed by atoms with E-state index >= 15 is 0 Å². The fourth-order valence-electron chi connectivity index (χ4n) is 1.04. The lowest BCUT2D eigenvalue weighted by atomic mass is 9.99. The van der Waals surface area contributed by atoms with Gasteiger partial charge in [-0.05, 0) is 30.0 Å². The monoisotopic (exact) mass is 198 g/mol. The number of phenolic OH excluding ortho intramolecular Hbond substituents is 1. The quantitative estimate of drug-likeness (QED) is 0.722. The van der Waals surface area contributed by atoms with Crippen molar-refractivity contribution in [2.75, 3.05) is 0 Å². The second-order valence-corrected chi connectivity index (χ2v) is 2.90. The molecule has 0 saturated carbocycles. The van der Waals surface area contributed by atoms with E-state index in [4.69, 9.17) is 5.11 Å². The highest BCUT2D eigenvalue weighted by Gasteiger charge is 2.00. The number of benzene rings is 1. The third-order valence-corrected chi connectivity index (χ3v) is 2.07. The molecule has 0 saturated heterocycles. The van der Waals surface area contributed by atoms with Crippen LogP contribution in [0, 0.1) is 0 Å². The van der Waals surface area contributed by atoms with Crippen LogP contribution in [0.5, 0.6) is 5.75 Å². The van der Waals surface area contributed by atoms with Gasteiger partial charge in [0.05, 0.1) is 0 Å². The van der Waals surface area contributed by atoms with Crippen LogP contribution in [-0.2, 0) is 0 Å². The fraction of sp³-hybridized carbons (Fsp3) is 0.538. The maximum atomic E-state index is 9.01. The van der Waals surface area contributed by atoms with E-state index in [1.807, 2.05) is 12.1 Å². The molecule has 1 aromatic carbocycles. The summed E-state index contributed by atoms with van der Waals surface area (Å²) in [5.74, 6) is 0.938. The Balaban J connectivity index is -0.000000403. The van der Waals surface area contributed by atoms with Gasteiger partial charge in [0.25, 0.3) is 0 Å². The SMILES string of the molecule is C.C.C.CCC(C)c1ccc(O)cc1. The van der Waals surface area contributed by atoms with Crippen molar-refractivity contribution >= 4 is 0 Å². The molecule has 1 rings (SSSR count).